The van der Waals surface area contributed by atoms with Crippen LogP contribution in [0.5, 0.6) is 0 Å². The van der Waals surface area contributed by atoms with Crippen LogP contribution in [0, 0.1) is 0 Å². The van der Waals surface area contributed by atoms with E-state index in [0.717, 1.165) is 50.2 Å². The van der Waals surface area contributed by atoms with Gasteiger partial charge in [-0.2, -0.15) is 13.2 Å². The number of esters is 2. The van der Waals surface area contributed by atoms with Crippen LogP contribution in [0.25, 0.3) is 21.5 Å². The number of fused-ring (bicyclic) bond motifs is 3. The first-order valence-electron chi connectivity index (χ1n) is 14.1. The van der Waals surface area contributed by atoms with Crippen LogP contribution in [0.4, 0.5) is 18.3 Å². The molecular formula is C30H24Cl2F3N3O5S. The largest absolute Gasteiger partial charge is 0.465 e. The van der Waals surface area contributed by atoms with Crippen LogP contribution in [-0.2, 0) is 15.7 Å². The molecule has 2 aliphatic heterocycles. The minimum atomic E-state index is -4.71. The van der Waals surface area contributed by atoms with Crippen molar-refractivity contribution in [2.24, 2.45) is 0 Å². The van der Waals surface area contributed by atoms with Crippen LogP contribution in [-0.4, -0.2) is 47.4 Å². The zero-order valence-electron chi connectivity index (χ0n) is 23.1. The Balaban J connectivity index is 1.15. The molecule has 44 heavy (non-hydrogen) atoms. The molecule has 2 bridgehead atoms. The number of methoxy groups -OCH3 is 1. The number of rotatable bonds is 6. The van der Waals surface area contributed by atoms with Gasteiger partial charge in [-0.3, -0.25) is 0 Å². The summed E-state index contributed by atoms with van der Waals surface area (Å²) in [7, 11) is 1.12. The van der Waals surface area contributed by atoms with Gasteiger partial charge in [-0.05, 0) is 49.9 Å². The number of aromatic nitrogens is 2. The predicted octanol–water partition coefficient (Wildman–Crippen LogP) is 8.30. The van der Waals surface area contributed by atoms with E-state index in [1.807, 2.05) is 4.90 Å². The third-order valence-corrected chi connectivity index (χ3v) is 10.1. The standard InChI is InChI=1S/C30H24Cl2F3N3O5S/c1-41-27(39)14-9-18(30(33,34)35)24-21(10-14)44-29(36-24)38-15-7-8-16(38)12-17(11-15)42-28(40)23-25(37-43-26(23)13-5-6-13)22-19(31)3-2-4-20(22)32/h2-4,9-10,13,15-17H,5-8,11-12H2,1H3/t15-,16+,17?. The van der Waals surface area contributed by atoms with E-state index in [9.17, 15) is 22.8 Å². The van der Waals surface area contributed by atoms with Crippen LogP contribution in [0.2, 0.25) is 10.0 Å². The van der Waals surface area contributed by atoms with Gasteiger partial charge in [0.25, 0.3) is 0 Å². The van der Waals surface area contributed by atoms with Crippen LogP contribution in [0.3, 0.4) is 0 Å². The molecule has 2 aromatic heterocycles. The van der Waals surface area contributed by atoms with Crippen molar-refractivity contribution in [1.29, 1.82) is 0 Å². The minimum Gasteiger partial charge on any atom is -0.465 e. The maximum Gasteiger partial charge on any atom is 0.418 e. The Labute approximate surface area is 263 Å². The molecule has 14 heteroatoms. The molecule has 8 nitrogen and oxygen atoms in total. The summed E-state index contributed by atoms with van der Waals surface area (Å²) in [6, 6.07) is 6.99. The summed E-state index contributed by atoms with van der Waals surface area (Å²) in [5.74, 6) is -0.893. The third kappa shape index (κ3) is 5.10. The summed E-state index contributed by atoms with van der Waals surface area (Å²) in [4.78, 5) is 32.3. The normalized spacial score (nSPS) is 21.6. The maximum atomic E-state index is 14.0. The second-order valence-corrected chi connectivity index (χ2v) is 13.1. The molecule has 230 valence electrons. The molecule has 4 heterocycles. The lowest BCUT2D eigenvalue weighted by Crippen LogP contribution is -2.46. The number of piperidine rings is 1. The summed E-state index contributed by atoms with van der Waals surface area (Å²) >= 11 is 14.0. The topological polar surface area (TPSA) is 94.8 Å². The monoisotopic (exact) mass is 665 g/mol. The van der Waals surface area contributed by atoms with Gasteiger partial charge in [0, 0.05) is 36.4 Å². The summed E-state index contributed by atoms with van der Waals surface area (Å²) in [6.07, 6.45) is -0.903. The lowest BCUT2D eigenvalue weighted by atomic mass is 9.99. The number of ether oxygens (including phenoxy) is 2. The Kier molecular flexibility index (Phi) is 7.29. The van der Waals surface area contributed by atoms with Gasteiger partial charge in [0.2, 0.25) is 0 Å². The van der Waals surface area contributed by atoms with Crippen LogP contribution in [0.15, 0.2) is 34.9 Å². The molecule has 3 fully saturated rings. The zero-order valence-corrected chi connectivity index (χ0v) is 25.4. The van der Waals surface area contributed by atoms with Gasteiger partial charge in [-0.25, -0.2) is 14.6 Å². The molecule has 0 spiro atoms. The lowest BCUT2D eigenvalue weighted by molar-refractivity contribution is -0.136. The average Bonchev–Trinajstić information content (AvgIpc) is 3.48. The Morgan fingerprint density at radius 3 is 2.34 bits per heavy atom. The molecule has 0 N–H and O–H groups in total. The first-order chi connectivity index (χ1) is 21.0. The SMILES string of the molecule is COC(=O)c1cc(C(F)(F)F)c2nc(N3[C@@H]4CC[C@H]3CC(OC(=O)c3c(-c5c(Cl)cccc5Cl)noc3C3CC3)C4)sc2c1. The number of hydrogen-bond acceptors (Lipinski definition) is 9. The van der Waals surface area contributed by atoms with Crippen molar-refractivity contribution in [3.8, 4) is 11.3 Å². The maximum absolute atomic E-state index is 14.0. The summed E-state index contributed by atoms with van der Waals surface area (Å²) < 4.78 is 58.5. The van der Waals surface area contributed by atoms with Crippen molar-refractivity contribution in [3.05, 3.63) is 62.8 Å². The molecule has 0 amide bonds. The molecule has 2 saturated heterocycles. The average molecular weight is 667 g/mol. The van der Waals surface area contributed by atoms with Crippen molar-refractivity contribution < 1.29 is 36.8 Å². The van der Waals surface area contributed by atoms with E-state index in [0.29, 0.717) is 39.3 Å². The molecule has 0 radical (unpaired) electrons. The fraction of sp³-hybridized carbons (Fsp3) is 0.400. The number of carbonyl (C=O) groups is 2. The molecule has 3 aliphatic rings. The number of alkyl halides is 3. The van der Waals surface area contributed by atoms with Crippen molar-refractivity contribution >= 4 is 61.8 Å². The molecule has 4 aromatic rings. The quantitative estimate of drug-likeness (QED) is 0.190. The van der Waals surface area contributed by atoms with E-state index in [1.54, 1.807) is 18.2 Å². The fourth-order valence-electron chi connectivity index (χ4n) is 6.34. The van der Waals surface area contributed by atoms with E-state index in [-0.39, 0.29) is 45.0 Å². The predicted molar refractivity (Wildman–Crippen MR) is 158 cm³/mol. The van der Waals surface area contributed by atoms with Gasteiger partial charge in [0.1, 0.15) is 17.4 Å². The Bertz CT molecular complexity index is 1770. The Hall–Kier alpha value is -3.35. The van der Waals surface area contributed by atoms with Gasteiger partial charge in [-0.15, -0.1) is 0 Å². The van der Waals surface area contributed by atoms with E-state index in [2.05, 4.69) is 14.9 Å². The summed E-state index contributed by atoms with van der Waals surface area (Å²) in [6.45, 7) is 0. The number of hydrogen-bond donors (Lipinski definition) is 0. The van der Waals surface area contributed by atoms with Crippen molar-refractivity contribution in [3.63, 3.8) is 0 Å². The van der Waals surface area contributed by atoms with E-state index >= 15 is 0 Å². The van der Waals surface area contributed by atoms with Gasteiger partial charge < -0.3 is 18.9 Å². The molecule has 2 aromatic carbocycles. The highest BCUT2D eigenvalue weighted by Crippen LogP contribution is 2.48. The summed E-state index contributed by atoms with van der Waals surface area (Å²) in [5, 5.41) is 5.28. The number of carbonyl (C=O) groups excluding carboxylic acids is 2. The second kappa shape index (κ2) is 10.9. The van der Waals surface area contributed by atoms with Gasteiger partial charge in [-0.1, -0.05) is 45.8 Å². The van der Waals surface area contributed by atoms with Crippen molar-refractivity contribution in [2.75, 3.05) is 12.0 Å². The fourth-order valence-corrected chi connectivity index (χ4v) is 8.10. The molecule has 1 unspecified atom stereocenters. The van der Waals surface area contributed by atoms with Gasteiger partial charge in [0.15, 0.2) is 10.9 Å². The third-order valence-electron chi connectivity index (χ3n) is 8.46. The number of benzene rings is 2. The number of thiazole rings is 1. The van der Waals surface area contributed by atoms with E-state index < -0.39 is 29.8 Å². The molecule has 1 saturated carbocycles. The number of halogens is 5. The highest BCUT2D eigenvalue weighted by molar-refractivity contribution is 7.22. The smallest absolute Gasteiger partial charge is 0.418 e. The molecular weight excluding hydrogens is 642 g/mol. The van der Waals surface area contributed by atoms with Gasteiger partial charge in [0.05, 0.1) is 38.5 Å². The first-order valence-corrected chi connectivity index (χ1v) is 15.6. The van der Waals surface area contributed by atoms with Crippen LogP contribution < -0.4 is 4.90 Å². The van der Waals surface area contributed by atoms with Crippen molar-refractivity contribution in [1.82, 2.24) is 10.1 Å². The summed E-state index contributed by atoms with van der Waals surface area (Å²) in [5.41, 5.74) is -0.503. The highest BCUT2D eigenvalue weighted by atomic mass is 35.5. The zero-order chi connectivity index (χ0) is 30.9. The van der Waals surface area contributed by atoms with Crippen molar-refractivity contribution in [2.45, 2.75) is 68.8 Å². The van der Waals surface area contributed by atoms with E-state index in [4.69, 9.17) is 32.5 Å². The Morgan fingerprint density at radius 2 is 1.73 bits per heavy atom. The number of nitrogens with zero attached hydrogens (tertiary/aromatic N) is 3. The first kappa shape index (κ1) is 29.4. The molecule has 7 rings (SSSR count). The van der Waals surface area contributed by atoms with Crippen LogP contribution >= 0.6 is 34.5 Å². The molecule has 3 atom stereocenters. The lowest BCUT2D eigenvalue weighted by Gasteiger charge is -2.38. The second-order valence-electron chi connectivity index (χ2n) is 11.3. The minimum absolute atomic E-state index is 0.0680. The van der Waals surface area contributed by atoms with Gasteiger partial charge >= 0.3 is 18.1 Å². The Morgan fingerprint density at radius 1 is 1.05 bits per heavy atom. The van der Waals surface area contributed by atoms with E-state index in [1.165, 1.54) is 6.07 Å². The highest BCUT2D eigenvalue weighted by Gasteiger charge is 2.45. The molecule has 1 aliphatic carbocycles. The number of anilines is 1. The van der Waals surface area contributed by atoms with Crippen LogP contribution in [0.1, 0.15) is 76.5 Å².